The van der Waals surface area contributed by atoms with Crippen LogP contribution in [0.25, 0.3) is 94.2 Å². The third-order valence-electron chi connectivity index (χ3n) is 8.82. The monoisotopic (exact) mass is 626 g/mol. The molecule has 6 aromatic carbocycles. The molecule has 2 nitrogen and oxygen atoms in total. The van der Waals surface area contributed by atoms with Gasteiger partial charge in [0.1, 0.15) is 6.33 Å². The number of nitrogens with zero attached hydrogens (tertiary/aromatic N) is 2. The van der Waals surface area contributed by atoms with E-state index in [1.54, 1.807) is 17.7 Å². The summed E-state index contributed by atoms with van der Waals surface area (Å²) in [5.74, 6) is 0. The van der Waals surface area contributed by atoms with Crippen molar-refractivity contribution in [3.05, 3.63) is 134 Å². The standard InChI is InChI=1S/C40H22N2S3/c1-3-16-33-28(10-1)30-14-6-12-26(38(30)43-33)23-8-5-9-25(20-23)36-40-37(42-22-41-36)32-21-24(18-19-35(32)45-40)27-13-7-15-31-29-11-2-4-17-34(29)44-39(27)31/h1-22H. The van der Waals surface area contributed by atoms with E-state index in [0.717, 1.165) is 21.5 Å². The molecule has 0 fully saturated rings. The maximum absolute atomic E-state index is 4.85. The SMILES string of the molecule is c1cc(-c2cccc3c2sc2ccccc23)cc(-c2ncnc3c2sc2ccc(-c4cccc5c4sc4ccccc45)cc23)c1. The molecule has 45 heavy (non-hydrogen) atoms. The van der Waals surface area contributed by atoms with Crippen LogP contribution in [-0.4, -0.2) is 9.97 Å². The van der Waals surface area contributed by atoms with Crippen LogP contribution in [0.5, 0.6) is 0 Å². The Bertz CT molecular complexity index is 2780. The fourth-order valence-corrected chi connectivity index (χ4v) is 10.4. The molecule has 0 aliphatic carbocycles. The number of aromatic nitrogens is 2. The minimum absolute atomic E-state index is 0.986. The summed E-state index contributed by atoms with van der Waals surface area (Å²) < 4.78 is 7.66. The summed E-state index contributed by atoms with van der Waals surface area (Å²) in [6.45, 7) is 0. The molecule has 10 aromatic rings. The lowest BCUT2D eigenvalue weighted by atomic mass is 9.99. The van der Waals surface area contributed by atoms with Crippen molar-refractivity contribution in [2.24, 2.45) is 0 Å². The van der Waals surface area contributed by atoms with Gasteiger partial charge in [0.15, 0.2) is 0 Å². The molecule has 0 spiro atoms. The molecule has 0 unspecified atom stereocenters. The summed E-state index contributed by atoms with van der Waals surface area (Å²) in [5.41, 5.74) is 8.07. The number of rotatable bonds is 3. The number of hydrogen-bond acceptors (Lipinski definition) is 5. The van der Waals surface area contributed by atoms with Crippen molar-refractivity contribution in [2.75, 3.05) is 0 Å². The fraction of sp³-hybridized carbons (Fsp3) is 0. The van der Waals surface area contributed by atoms with Gasteiger partial charge in [-0.05, 0) is 52.6 Å². The van der Waals surface area contributed by atoms with Crippen LogP contribution in [0.2, 0.25) is 0 Å². The smallest absolute Gasteiger partial charge is 0.116 e. The van der Waals surface area contributed by atoms with Crippen LogP contribution in [0.4, 0.5) is 0 Å². The fourth-order valence-electron chi connectivity index (χ4n) is 6.73. The highest BCUT2D eigenvalue weighted by molar-refractivity contribution is 7.27. The average Bonchev–Trinajstić information content (AvgIpc) is 3.79. The molecule has 0 amide bonds. The van der Waals surface area contributed by atoms with Crippen molar-refractivity contribution < 1.29 is 0 Å². The van der Waals surface area contributed by atoms with Gasteiger partial charge in [0, 0.05) is 56.0 Å². The average molecular weight is 627 g/mol. The molecule has 0 bridgehead atoms. The van der Waals surface area contributed by atoms with E-state index in [-0.39, 0.29) is 0 Å². The second-order valence-electron chi connectivity index (χ2n) is 11.4. The van der Waals surface area contributed by atoms with Crippen LogP contribution in [0, 0.1) is 0 Å². The van der Waals surface area contributed by atoms with Gasteiger partial charge in [-0.2, -0.15) is 0 Å². The van der Waals surface area contributed by atoms with Crippen molar-refractivity contribution in [2.45, 2.75) is 0 Å². The second-order valence-corrected chi connectivity index (χ2v) is 14.5. The lowest BCUT2D eigenvalue weighted by molar-refractivity contribution is 1.24. The number of benzene rings is 6. The predicted octanol–water partition coefficient (Wildman–Crippen LogP) is 12.6. The summed E-state index contributed by atoms with van der Waals surface area (Å²) >= 11 is 5.52. The summed E-state index contributed by atoms with van der Waals surface area (Å²) in [4.78, 5) is 9.69. The van der Waals surface area contributed by atoms with E-state index in [4.69, 9.17) is 9.97 Å². The van der Waals surface area contributed by atoms with E-state index in [1.807, 2.05) is 22.7 Å². The van der Waals surface area contributed by atoms with Crippen LogP contribution in [-0.2, 0) is 0 Å². The molecule has 4 aromatic heterocycles. The minimum Gasteiger partial charge on any atom is -0.235 e. The molecule has 210 valence electrons. The highest BCUT2D eigenvalue weighted by Crippen LogP contribution is 2.44. The molecule has 0 aliphatic heterocycles. The Morgan fingerprint density at radius 1 is 0.378 bits per heavy atom. The molecular weight excluding hydrogens is 605 g/mol. The van der Waals surface area contributed by atoms with Gasteiger partial charge in [-0.3, -0.25) is 0 Å². The van der Waals surface area contributed by atoms with Crippen molar-refractivity contribution in [3.63, 3.8) is 0 Å². The Balaban J connectivity index is 1.12. The largest absolute Gasteiger partial charge is 0.235 e. The third-order valence-corrected chi connectivity index (χ3v) is 12.4. The molecule has 0 radical (unpaired) electrons. The van der Waals surface area contributed by atoms with Crippen LogP contribution >= 0.6 is 34.0 Å². The van der Waals surface area contributed by atoms with Crippen molar-refractivity contribution in [1.82, 2.24) is 9.97 Å². The van der Waals surface area contributed by atoms with Gasteiger partial charge < -0.3 is 0 Å². The third kappa shape index (κ3) is 3.85. The first-order chi connectivity index (χ1) is 22.3. The molecule has 4 heterocycles. The van der Waals surface area contributed by atoms with Crippen molar-refractivity contribution in [1.29, 1.82) is 0 Å². The lowest BCUT2D eigenvalue weighted by Crippen LogP contribution is -1.87. The molecule has 0 saturated carbocycles. The maximum atomic E-state index is 4.85. The molecule has 0 N–H and O–H groups in total. The van der Waals surface area contributed by atoms with Crippen LogP contribution in [0.1, 0.15) is 0 Å². The quantitative estimate of drug-likeness (QED) is 0.195. The number of thiophene rings is 3. The van der Waals surface area contributed by atoms with Crippen LogP contribution in [0.3, 0.4) is 0 Å². The Morgan fingerprint density at radius 3 is 1.64 bits per heavy atom. The van der Waals surface area contributed by atoms with Gasteiger partial charge in [-0.15, -0.1) is 34.0 Å². The minimum atomic E-state index is 0.986. The second kappa shape index (κ2) is 9.78. The van der Waals surface area contributed by atoms with E-state index < -0.39 is 0 Å². The Labute approximate surface area is 270 Å². The Kier molecular flexibility index (Phi) is 5.52. The van der Waals surface area contributed by atoms with Gasteiger partial charge in [-0.25, -0.2) is 9.97 Å². The van der Waals surface area contributed by atoms with Gasteiger partial charge in [-0.1, -0.05) is 97.1 Å². The number of hydrogen-bond donors (Lipinski definition) is 0. The van der Waals surface area contributed by atoms with E-state index in [1.165, 1.54) is 72.7 Å². The van der Waals surface area contributed by atoms with Gasteiger partial charge in [0.25, 0.3) is 0 Å². The summed E-state index contributed by atoms with van der Waals surface area (Å²) in [7, 11) is 0. The van der Waals surface area contributed by atoms with Gasteiger partial charge >= 0.3 is 0 Å². The zero-order chi connectivity index (χ0) is 29.5. The summed E-state index contributed by atoms with van der Waals surface area (Å²) in [6.07, 6.45) is 1.72. The van der Waals surface area contributed by atoms with Crippen LogP contribution < -0.4 is 0 Å². The van der Waals surface area contributed by atoms with E-state index in [0.29, 0.717) is 0 Å². The van der Waals surface area contributed by atoms with Crippen LogP contribution in [0.15, 0.2) is 134 Å². The van der Waals surface area contributed by atoms with Gasteiger partial charge in [0.2, 0.25) is 0 Å². The lowest BCUT2D eigenvalue weighted by Gasteiger charge is -2.07. The highest BCUT2D eigenvalue weighted by atomic mass is 32.1. The Hall–Kier alpha value is -4.94. The molecule has 10 rings (SSSR count). The number of fused-ring (bicyclic) bond motifs is 9. The first-order valence-electron chi connectivity index (χ1n) is 14.9. The van der Waals surface area contributed by atoms with Crippen molar-refractivity contribution in [3.8, 4) is 33.5 Å². The van der Waals surface area contributed by atoms with Crippen molar-refractivity contribution >= 4 is 94.7 Å². The van der Waals surface area contributed by atoms with E-state index in [9.17, 15) is 0 Å². The molecule has 0 aliphatic rings. The Morgan fingerprint density at radius 2 is 0.933 bits per heavy atom. The zero-order valence-electron chi connectivity index (χ0n) is 23.8. The van der Waals surface area contributed by atoms with E-state index in [2.05, 4.69) is 127 Å². The first-order valence-corrected chi connectivity index (χ1v) is 17.3. The normalized spacial score (nSPS) is 12.0. The summed E-state index contributed by atoms with van der Waals surface area (Å²) in [6, 6.07) is 46.4. The maximum Gasteiger partial charge on any atom is 0.116 e. The molecule has 0 atom stereocenters. The first kappa shape index (κ1) is 25.4. The molecule has 0 saturated heterocycles. The zero-order valence-corrected chi connectivity index (χ0v) is 26.3. The van der Waals surface area contributed by atoms with E-state index >= 15 is 0 Å². The highest BCUT2D eigenvalue weighted by Gasteiger charge is 2.17. The topological polar surface area (TPSA) is 25.8 Å². The molecule has 5 heteroatoms. The predicted molar refractivity (Wildman–Crippen MR) is 197 cm³/mol. The molecular formula is C40H22N2S3. The van der Waals surface area contributed by atoms with Gasteiger partial charge in [0.05, 0.1) is 15.9 Å². The summed E-state index contributed by atoms with van der Waals surface area (Å²) in [5, 5.41) is 6.46.